The quantitative estimate of drug-likeness (QED) is 0.764. The fraction of sp³-hybridized carbons (Fsp3) is 0.353. The number of aromatic nitrogens is 1. The van der Waals surface area contributed by atoms with E-state index in [1.54, 1.807) is 5.38 Å². The molecule has 1 aromatic carbocycles. The van der Waals surface area contributed by atoms with Gasteiger partial charge in [0.15, 0.2) is 5.13 Å². The average molecular weight is 360 g/mol. The lowest BCUT2D eigenvalue weighted by atomic mass is 10.2. The number of carbonyl (C=O) groups is 2. The zero-order valence-electron chi connectivity index (χ0n) is 13.9. The number of benzene rings is 1. The molecule has 0 unspecified atom stereocenters. The van der Waals surface area contributed by atoms with Crippen LogP contribution in [-0.2, 0) is 4.74 Å². The highest BCUT2D eigenvalue weighted by Gasteiger charge is 2.18. The van der Waals surface area contributed by atoms with Crippen LogP contribution in [0.25, 0.3) is 0 Å². The number of nitrogens with one attached hydrogen (secondary N) is 3. The standard InChI is InChI=1S/C17H20N4O3S/c1-11-4-6-12(7-5-11)19-16(23)21-17-20-14(10-25-17)15(22)18-9-13-3-2-8-24-13/h4-7,10,13H,2-3,8-9H2,1H3,(H,18,22)(H2,19,20,21,23)/t13-/m0/s1. The predicted molar refractivity (Wildman–Crippen MR) is 97.2 cm³/mol. The summed E-state index contributed by atoms with van der Waals surface area (Å²) < 4.78 is 5.46. The molecule has 0 saturated carbocycles. The zero-order valence-corrected chi connectivity index (χ0v) is 14.7. The first-order chi connectivity index (χ1) is 12.1. The Hall–Kier alpha value is -2.45. The number of hydrogen-bond acceptors (Lipinski definition) is 5. The molecular weight excluding hydrogens is 340 g/mol. The molecule has 132 valence electrons. The Kier molecular flexibility index (Phi) is 5.62. The van der Waals surface area contributed by atoms with Crippen molar-refractivity contribution in [1.29, 1.82) is 0 Å². The lowest BCUT2D eigenvalue weighted by Gasteiger charge is -2.09. The van der Waals surface area contributed by atoms with Gasteiger partial charge >= 0.3 is 6.03 Å². The Balaban J connectivity index is 1.49. The molecule has 25 heavy (non-hydrogen) atoms. The molecule has 3 amide bonds. The van der Waals surface area contributed by atoms with Crippen LogP contribution in [0.2, 0.25) is 0 Å². The van der Waals surface area contributed by atoms with Gasteiger partial charge in [0.25, 0.3) is 5.91 Å². The molecular formula is C17H20N4O3S. The normalized spacial score (nSPS) is 16.4. The van der Waals surface area contributed by atoms with Crippen LogP contribution in [0.4, 0.5) is 15.6 Å². The van der Waals surface area contributed by atoms with Gasteiger partial charge in [0.1, 0.15) is 5.69 Å². The molecule has 0 bridgehead atoms. The molecule has 7 nitrogen and oxygen atoms in total. The fourth-order valence-corrected chi connectivity index (χ4v) is 3.12. The molecule has 1 aliphatic rings. The van der Waals surface area contributed by atoms with Crippen LogP contribution >= 0.6 is 11.3 Å². The maximum Gasteiger partial charge on any atom is 0.325 e. The summed E-state index contributed by atoms with van der Waals surface area (Å²) in [5, 5.41) is 10.1. The van der Waals surface area contributed by atoms with Crippen LogP contribution in [0.1, 0.15) is 28.9 Å². The van der Waals surface area contributed by atoms with Crippen LogP contribution in [-0.4, -0.2) is 36.2 Å². The summed E-state index contributed by atoms with van der Waals surface area (Å²) in [6.45, 7) is 3.21. The maximum atomic E-state index is 12.1. The van der Waals surface area contributed by atoms with Gasteiger partial charge in [0.2, 0.25) is 0 Å². The zero-order chi connectivity index (χ0) is 17.6. The third kappa shape index (κ3) is 5.01. The number of anilines is 2. The number of aryl methyl sites for hydroxylation is 1. The maximum absolute atomic E-state index is 12.1. The van der Waals surface area contributed by atoms with Crippen molar-refractivity contribution in [1.82, 2.24) is 10.3 Å². The number of hydrogen-bond donors (Lipinski definition) is 3. The topological polar surface area (TPSA) is 92.4 Å². The number of urea groups is 1. The average Bonchev–Trinajstić information content (AvgIpc) is 3.26. The van der Waals surface area contributed by atoms with E-state index in [2.05, 4.69) is 20.9 Å². The van der Waals surface area contributed by atoms with Crippen molar-refractivity contribution in [2.75, 3.05) is 23.8 Å². The summed E-state index contributed by atoms with van der Waals surface area (Å²) in [7, 11) is 0. The Labute approximate surface area is 149 Å². The summed E-state index contributed by atoms with van der Waals surface area (Å²) in [4.78, 5) is 28.2. The Bertz CT molecular complexity index is 739. The van der Waals surface area contributed by atoms with E-state index < -0.39 is 6.03 Å². The van der Waals surface area contributed by atoms with Crippen molar-refractivity contribution < 1.29 is 14.3 Å². The van der Waals surface area contributed by atoms with Gasteiger partial charge in [0, 0.05) is 24.2 Å². The molecule has 8 heteroatoms. The Morgan fingerprint density at radius 1 is 1.28 bits per heavy atom. The molecule has 0 radical (unpaired) electrons. The first kappa shape index (κ1) is 17.4. The van der Waals surface area contributed by atoms with E-state index in [-0.39, 0.29) is 17.7 Å². The van der Waals surface area contributed by atoms with Crippen molar-refractivity contribution in [3.05, 3.63) is 40.9 Å². The van der Waals surface area contributed by atoms with E-state index in [1.807, 2.05) is 31.2 Å². The van der Waals surface area contributed by atoms with Crippen LogP contribution in [0.5, 0.6) is 0 Å². The molecule has 1 aromatic heterocycles. The lowest BCUT2D eigenvalue weighted by Crippen LogP contribution is -2.32. The second kappa shape index (κ2) is 8.09. The van der Waals surface area contributed by atoms with Gasteiger partial charge in [-0.1, -0.05) is 17.7 Å². The SMILES string of the molecule is Cc1ccc(NC(=O)Nc2nc(C(=O)NC[C@@H]3CCCO3)cs2)cc1. The van der Waals surface area contributed by atoms with Crippen LogP contribution in [0.15, 0.2) is 29.6 Å². The number of ether oxygens (including phenoxy) is 1. The molecule has 1 aliphatic heterocycles. The minimum Gasteiger partial charge on any atom is -0.376 e. The van der Waals surface area contributed by atoms with E-state index in [0.717, 1.165) is 25.0 Å². The molecule has 2 aromatic rings. The molecule has 2 heterocycles. The number of thiazole rings is 1. The highest BCUT2D eigenvalue weighted by molar-refractivity contribution is 7.14. The van der Waals surface area contributed by atoms with E-state index in [4.69, 9.17) is 4.74 Å². The molecule has 3 rings (SSSR count). The predicted octanol–water partition coefficient (Wildman–Crippen LogP) is 3.00. The second-order valence-electron chi connectivity index (χ2n) is 5.83. The van der Waals surface area contributed by atoms with Gasteiger partial charge in [-0.05, 0) is 31.9 Å². The minimum atomic E-state index is -0.399. The van der Waals surface area contributed by atoms with Crippen LogP contribution in [0.3, 0.4) is 0 Å². The summed E-state index contributed by atoms with van der Waals surface area (Å²) in [6.07, 6.45) is 2.07. The van der Waals surface area contributed by atoms with Crippen LogP contribution < -0.4 is 16.0 Å². The van der Waals surface area contributed by atoms with E-state index in [1.165, 1.54) is 11.3 Å². The van der Waals surface area contributed by atoms with Gasteiger partial charge in [-0.2, -0.15) is 0 Å². The smallest absolute Gasteiger partial charge is 0.325 e. The summed E-state index contributed by atoms with van der Waals surface area (Å²) in [6, 6.07) is 7.07. The van der Waals surface area contributed by atoms with Crippen molar-refractivity contribution in [2.45, 2.75) is 25.9 Å². The van der Waals surface area contributed by atoms with Crippen molar-refractivity contribution in [3.63, 3.8) is 0 Å². The first-order valence-corrected chi connectivity index (χ1v) is 8.98. The monoisotopic (exact) mass is 360 g/mol. The largest absolute Gasteiger partial charge is 0.376 e. The summed E-state index contributed by atoms with van der Waals surface area (Å²) >= 11 is 1.20. The van der Waals surface area contributed by atoms with Crippen molar-refractivity contribution in [2.24, 2.45) is 0 Å². The third-order valence-electron chi connectivity index (χ3n) is 3.78. The van der Waals surface area contributed by atoms with Crippen LogP contribution in [0, 0.1) is 6.92 Å². The highest BCUT2D eigenvalue weighted by atomic mass is 32.1. The fourth-order valence-electron chi connectivity index (χ4n) is 2.43. The number of rotatable bonds is 5. The first-order valence-electron chi connectivity index (χ1n) is 8.10. The van der Waals surface area contributed by atoms with Gasteiger partial charge in [-0.25, -0.2) is 9.78 Å². The van der Waals surface area contributed by atoms with Gasteiger partial charge in [-0.15, -0.1) is 11.3 Å². The van der Waals surface area contributed by atoms with Gasteiger partial charge in [0.05, 0.1) is 6.10 Å². The summed E-state index contributed by atoms with van der Waals surface area (Å²) in [5.74, 6) is -0.265. The second-order valence-corrected chi connectivity index (χ2v) is 6.69. The molecule has 1 atom stereocenters. The molecule has 1 saturated heterocycles. The minimum absolute atomic E-state index is 0.0838. The third-order valence-corrected chi connectivity index (χ3v) is 4.54. The molecule has 3 N–H and O–H groups in total. The van der Waals surface area contributed by atoms with Gasteiger partial charge in [-0.3, -0.25) is 10.1 Å². The molecule has 1 fully saturated rings. The van der Waals surface area contributed by atoms with Gasteiger partial charge < -0.3 is 15.4 Å². The Morgan fingerprint density at radius 3 is 2.80 bits per heavy atom. The Morgan fingerprint density at radius 2 is 2.08 bits per heavy atom. The molecule has 0 spiro atoms. The summed E-state index contributed by atoms with van der Waals surface area (Å²) in [5.41, 5.74) is 2.09. The highest BCUT2D eigenvalue weighted by Crippen LogP contribution is 2.17. The molecule has 0 aliphatic carbocycles. The van der Waals surface area contributed by atoms with Crippen molar-refractivity contribution >= 4 is 34.1 Å². The van der Waals surface area contributed by atoms with E-state index in [0.29, 0.717) is 17.4 Å². The van der Waals surface area contributed by atoms with E-state index in [9.17, 15) is 9.59 Å². The number of amides is 3. The number of carbonyl (C=O) groups excluding carboxylic acids is 2. The lowest BCUT2D eigenvalue weighted by molar-refractivity contribution is 0.0854. The van der Waals surface area contributed by atoms with Crippen molar-refractivity contribution in [3.8, 4) is 0 Å². The number of nitrogens with zero attached hydrogens (tertiary/aromatic N) is 1. The van der Waals surface area contributed by atoms with E-state index >= 15 is 0 Å².